The van der Waals surface area contributed by atoms with Crippen molar-refractivity contribution in [2.24, 2.45) is 0 Å². The van der Waals surface area contributed by atoms with E-state index in [-0.39, 0.29) is 19.1 Å². The number of oxazole rings is 1. The molecule has 0 amide bonds. The van der Waals surface area contributed by atoms with E-state index >= 15 is 0 Å². The maximum atomic E-state index is 9.51. The average Bonchev–Trinajstić information content (AvgIpc) is 3.46. The number of hydrogen-bond donors (Lipinski definition) is 0. The summed E-state index contributed by atoms with van der Waals surface area (Å²) in [6, 6.07) is 15.2. The van der Waals surface area contributed by atoms with Crippen LogP contribution in [0, 0.1) is 11.3 Å². The maximum absolute atomic E-state index is 9.51. The molecule has 32 heavy (non-hydrogen) atoms. The van der Waals surface area contributed by atoms with Gasteiger partial charge >= 0.3 is 0 Å². The number of nitrogens with zero attached hydrogens (tertiary/aromatic N) is 4. The van der Waals surface area contributed by atoms with Crippen molar-refractivity contribution in [1.29, 1.82) is 5.26 Å². The van der Waals surface area contributed by atoms with E-state index in [0.29, 0.717) is 22.5 Å². The molecule has 3 aromatic rings. The Kier molecular flexibility index (Phi) is 5.75. The van der Waals surface area contributed by atoms with Crippen molar-refractivity contribution in [2.75, 3.05) is 37.9 Å². The van der Waals surface area contributed by atoms with Crippen LogP contribution < -0.4 is 19.1 Å². The molecule has 0 radical (unpaired) electrons. The zero-order valence-electron chi connectivity index (χ0n) is 17.3. The zero-order valence-corrected chi connectivity index (χ0v) is 18.0. The lowest BCUT2D eigenvalue weighted by Crippen LogP contribution is -2.46. The maximum Gasteiger partial charge on any atom is 0.236 e. The van der Waals surface area contributed by atoms with Gasteiger partial charge in [-0.05, 0) is 42.0 Å². The Morgan fingerprint density at radius 3 is 2.59 bits per heavy atom. The predicted molar refractivity (Wildman–Crippen MR) is 117 cm³/mol. The highest BCUT2D eigenvalue weighted by molar-refractivity contribution is 6.30. The van der Waals surface area contributed by atoms with Crippen LogP contribution in [0.1, 0.15) is 17.1 Å². The highest BCUT2D eigenvalue weighted by atomic mass is 35.5. The number of rotatable bonds is 6. The number of anilines is 1. The lowest BCUT2D eigenvalue weighted by molar-refractivity contribution is 0.174. The molecule has 9 heteroatoms. The third-order valence-corrected chi connectivity index (χ3v) is 5.69. The molecule has 0 unspecified atom stereocenters. The average molecular weight is 453 g/mol. The first-order valence-corrected chi connectivity index (χ1v) is 10.7. The molecule has 0 atom stereocenters. The van der Waals surface area contributed by atoms with Crippen LogP contribution in [-0.4, -0.2) is 42.9 Å². The fourth-order valence-corrected chi connectivity index (χ4v) is 3.91. The molecule has 1 aromatic heterocycles. The van der Waals surface area contributed by atoms with Crippen molar-refractivity contribution in [3.05, 3.63) is 64.6 Å². The highest BCUT2D eigenvalue weighted by Crippen LogP contribution is 2.33. The van der Waals surface area contributed by atoms with Crippen LogP contribution in [0.15, 0.2) is 46.9 Å². The Labute approximate surface area is 190 Å². The summed E-state index contributed by atoms with van der Waals surface area (Å²) < 4.78 is 22.4. The molecule has 164 valence electrons. The molecule has 5 rings (SSSR count). The molecule has 0 N–H and O–H groups in total. The van der Waals surface area contributed by atoms with Gasteiger partial charge in [0.1, 0.15) is 11.8 Å². The number of piperazine rings is 1. The number of fused-ring (bicyclic) bond motifs is 1. The first-order valence-electron chi connectivity index (χ1n) is 10.3. The summed E-state index contributed by atoms with van der Waals surface area (Å²) in [5.74, 6) is 3.13. The molecule has 2 aliphatic rings. The van der Waals surface area contributed by atoms with Crippen molar-refractivity contribution in [2.45, 2.75) is 13.2 Å². The smallest absolute Gasteiger partial charge is 0.236 e. The molecule has 8 nitrogen and oxygen atoms in total. The van der Waals surface area contributed by atoms with E-state index in [2.05, 4.69) is 26.9 Å². The number of ether oxygens (including phenoxy) is 3. The second kappa shape index (κ2) is 8.99. The van der Waals surface area contributed by atoms with E-state index in [1.807, 2.05) is 12.1 Å². The van der Waals surface area contributed by atoms with Gasteiger partial charge in [0.2, 0.25) is 24.3 Å². The van der Waals surface area contributed by atoms with Crippen LogP contribution in [0.4, 0.5) is 5.88 Å². The van der Waals surface area contributed by atoms with Gasteiger partial charge in [-0.2, -0.15) is 10.2 Å². The third kappa shape index (κ3) is 4.44. The molecule has 0 spiro atoms. The molecule has 0 bridgehead atoms. The Morgan fingerprint density at radius 1 is 1.03 bits per heavy atom. The SMILES string of the molecule is N#Cc1nc(COc2ccc(Cl)cc2)oc1N1CCN(Cc2ccc3c(c2)OCO3)CC1. The topological polar surface area (TPSA) is 84.0 Å². The standard InChI is InChI=1S/C23H21ClN4O4/c24-17-2-4-18(5-3-17)29-14-22-26-19(12-25)23(32-22)28-9-7-27(8-10-28)13-16-1-6-20-21(11-16)31-15-30-20/h1-6,11H,7-10,13-15H2. The number of benzene rings is 2. The summed E-state index contributed by atoms with van der Waals surface area (Å²) in [4.78, 5) is 8.72. The van der Waals surface area contributed by atoms with E-state index in [1.165, 1.54) is 5.56 Å². The fourth-order valence-electron chi connectivity index (χ4n) is 3.79. The first kappa shape index (κ1) is 20.5. The largest absolute Gasteiger partial charge is 0.484 e. The van der Waals surface area contributed by atoms with Crippen LogP contribution in [-0.2, 0) is 13.2 Å². The van der Waals surface area contributed by atoms with Crippen molar-refractivity contribution in [3.63, 3.8) is 0 Å². The van der Waals surface area contributed by atoms with Gasteiger partial charge in [0.25, 0.3) is 0 Å². The predicted octanol–water partition coefficient (Wildman–Crippen LogP) is 3.83. The van der Waals surface area contributed by atoms with Crippen LogP contribution in [0.5, 0.6) is 17.2 Å². The molecule has 1 fully saturated rings. The molecule has 2 aliphatic heterocycles. The van der Waals surface area contributed by atoms with Gasteiger partial charge in [-0.1, -0.05) is 17.7 Å². The minimum Gasteiger partial charge on any atom is -0.484 e. The number of aromatic nitrogens is 1. The quantitative estimate of drug-likeness (QED) is 0.558. The fraction of sp³-hybridized carbons (Fsp3) is 0.304. The number of nitriles is 1. The lowest BCUT2D eigenvalue weighted by atomic mass is 10.1. The van der Waals surface area contributed by atoms with Gasteiger partial charge in [0.15, 0.2) is 18.1 Å². The van der Waals surface area contributed by atoms with Gasteiger partial charge in [0, 0.05) is 37.7 Å². The van der Waals surface area contributed by atoms with Gasteiger partial charge in [-0.25, -0.2) is 0 Å². The Bertz CT molecular complexity index is 1130. The first-order chi connectivity index (χ1) is 15.7. The summed E-state index contributed by atoms with van der Waals surface area (Å²) in [7, 11) is 0. The molecule has 0 saturated carbocycles. The molecule has 2 aromatic carbocycles. The molecule has 0 aliphatic carbocycles. The van der Waals surface area contributed by atoms with Gasteiger partial charge in [0.05, 0.1) is 0 Å². The number of halogens is 1. The molecular weight excluding hydrogens is 432 g/mol. The number of hydrogen-bond acceptors (Lipinski definition) is 8. The van der Waals surface area contributed by atoms with Crippen LogP contribution in [0.3, 0.4) is 0 Å². The Morgan fingerprint density at radius 2 is 1.81 bits per heavy atom. The summed E-state index contributed by atoms with van der Waals surface area (Å²) in [6.07, 6.45) is 0. The van der Waals surface area contributed by atoms with Crippen LogP contribution >= 0.6 is 11.6 Å². The zero-order chi connectivity index (χ0) is 21.9. The van der Waals surface area contributed by atoms with E-state index in [1.54, 1.807) is 24.3 Å². The van der Waals surface area contributed by atoms with Crippen molar-refractivity contribution in [3.8, 4) is 23.3 Å². The second-order valence-corrected chi connectivity index (χ2v) is 8.00. The molecule has 3 heterocycles. The van der Waals surface area contributed by atoms with E-state index in [0.717, 1.165) is 44.2 Å². The van der Waals surface area contributed by atoms with Crippen molar-refractivity contribution < 1.29 is 18.6 Å². The normalized spacial score (nSPS) is 15.6. The van der Waals surface area contributed by atoms with Crippen molar-refractivity contribution >= 4 is 17.5 Å². The minimum absolute atomic E-state index is 0.139. The van der Waals surface area contributed by atoms with Crippen LogP contribution in [0.25, 0.3) is 0 Å². The Balaban J connectivity index is 1.18. The van der Waals surface area contributed by atoms with Crippen LogP contribution in [0.2, 0.25) is 5.02 Å². The monoisotopic (exact) mass is 452 g/mol. The van der Waals surface area contributed by atoms with Gasteiger partial charge < -0.3 is 23.5 Å². The van der Waals surface area contributed by atoms with Crippen molar-refractivity contribution in [1.82, 2.24) is 9.88 Å². The van der Waals surface area contributed by atoms with Gasteiger partial charge in [-0.3, -0.25) is 4.90 Å². The Hall–Kier alpha value is -3.41. The molecule has 1 saturated heterocycles. The summed E-state index contributed by atoms with van der Waals surface area (Å²) in [5, 5.41) is 10.2. The van der Waals surface area contributed by atoms with Gasteiger partial charge in [-0.15, -0.1) is 0 Å². The van der Waals surface area contributed by atoms with E-state index in [9.17, 15) is 5.26 Å². The lowest BCUT2D eigenvalue weighted by Gasteiger charge is -2.34. The van der Waals surface area contributed by atoms with E-state index < -0.39 is 0 Å². The summed E-state index contributed by atoms with van der Waals surface area (Å²) in [6.45, 7) is 4.42. The second-order valence-electron chi connectivity index (χ2n) is 7.57. The summed E-state index contributed by atoms with van der Waals surface area (Å²) in [5.41, 5.74) is 1.46. The van der Waals surface area contributed by atoms with E-state index in [4.69, 9.17) is 30.2 Å². The summed E-state index contributed by atoms with van der Waals surface area (Å²) >= 11 is 5.89. The highest BCUT2D eigenvalue weighted by Gasteiger charge is 2.25. The third-order valence-electron chi connectivity index (χ3n) is 5.44. The molecular formula is C23H21ClN4O4. The minimum atomic E-state index is 0.139.